The minimum atomic E-state index is -1.52. The van der Waals surface area contributed by atoms with Crippen molar-refractivity contribution in [3.05, 3.63) is 121 Å². The molecule has 3 fully saturated rings. The number of benzene rings is 2. The molecule has 51 heavy (non-hydrogen) atoms. The molecule has 0 spiro atoms. The number of hydrogen-bond donors (Lipinski definition) is 0. The number of rotatable bonds is 6. The van der Waals surface area contributed by atoms with Crippen LogP contribution in [-0.2, 0) is 13.5 Å². The molecule has 0 N–H and O–H groups in total. The Morgan fingerprint density at radius 3 is 1.10 bits per heavy atom. The molecule has 276 valence electrons. The molecule has 2 aromatic heterocycles. The van der Waals surface area contributed by atoms with Gasteiger partial charge in [0.2, 0.25) is 0 Å². The molecule has 2 heterocycles. The minimum absolute atomic E-state index is 0.0465. The molecular weight excluding hydrogens is 771 g/mol. The van der Waals surface area contributed by atoms with E-state index in [1.165, 1.54) is 44.8 Å². The Labute approximate surface area is 324 Å². The van der Waals surface area contributed by atoms with E-state index in [4.69, 9.17) is 19.4 Å². The summed E-state index contributed by atoms with van der Waals surface area (Å²) in [4.78, 5) is 7.94. The molecule has 0 unspecified atom stereocenters. The zero-order chi connectivity index (χ0) is 35.9. The van der Waals surface area contributed by atoms with Gasteiger partial charge in [-0.2, -0.15) is 0 Å². The van der Waals surface area contributed by atoms with E-state index in [1.807, 2.05) is 110 Å². The molecule has 2 aromatic carbocycles. The monoisotopic (exact) mass is 831 g/mol. The third kappa shape index (κ3) is 16.3. The summed E-state index contributed by atoms with van der Waals surface area (Å²) in [6, 6.07) is 28.6. The SMILES string of the molecule is C1CCC([PH+](C2CCCCC2)C2CCCCC2)CC1.CC(C)=C[CH]=[Ru]([Cl])[Cl].c1ccc(-c2ccncc2)cc1.c1ccc(-c2ccncc2)cc1. The van der Waals surface area contributed by atoms with Gasteiger partial charge in [-0.25, -0.2) is 0 Å². The molecule has 3 saturated carbocycles. The average Bonchev–Trinajstić information content (AvgIpc) is 3.21. The van der Waals surface area contributed by atoms with E-state index in [9.17, 15) is 0 Å². The Balaban J connectivity index is 0.000000160. The van der Waals surface area contributed by atoms with Gasteiger partial charge in [0.15, 0.2) is 0 Å². The molecule has 0 atom stereocenters. The molecule has 0 bridgehead atoms. The van der Waals surface area contributed by atoms with Crippen molar-refractivity contribution >= 4 is 31.9 Å². The fourth-order valence-corrected chi connectivity index (χ4v) is 14.4. The van der Waals surface area contributed by atoms with Crippen LogP contribution in [0.2, 0.25) is 0 Å². The van der Waals surface area contributed by atoms with Gasteiger partial charge in [-0.3, -0.25) is 9.97 Å². The largest absolute Gasteiger partial charge is 0.265 e. The van der Waals surface area contributed by atoms with Crippen molar-refractivity contribution in [3.8, 4) is 22.3 Å². The van der Waals surface area contributed by atoms with E-state index in [0.717, 1.165) is 0 Å². The van der Waals surface area contributed by atoms with Crippen LogP contribution in [0.1, 0.15) is 110 Å². The van der Waals surface area contributed by atoms with Gasteiger partial charge in [-0.15, -0.1) is 0 Å². The number of halogens is 2. The van der Waals surface area contributed by atoms with Gasteiger partial charge >= 0.3 is 63.0 Å². The fraction of sp³-hybridized carbons (Fsp3) is 0.444. The van der Waals surface area contributed by atoms with E-state index in [0.29, 0.717) is 0 Å². The van der Waals surface area contributed by atoms with Crippen molar-refractivity contribution in [1.82, 2.24) is 9.97 Å². The first kappa shape index (κ1) is 41.7. The van der Waals surface area contributed by atoms with Crippen molar-refractivity contribution in [1.29, 1.82) is 0 Å². The van der Waals surface area contributed by atoms with Gasteiger partial charge in [-0.05, 0) is 124 Å². The van der Waals surface area contributed by atoms with Crippen molar-refractivity contribution in [2.24, 2.45) is 0 Å². The molecule has 0 saturated heterocycles. The average molecular weight is 832 g/mol. The Bertz CT molecular complexity index is 1300. The number of hydrogen-bond acceptors (Lipinski definition) is 2. The second-order valence-corrected chi connectivity index (χ2v) is 23.5. The molecule has 4 aromatic rings. The molecule has 3 aliphatic rings. The van der Waals surface area contributed by atoms with Gasteiger partial charge in [-0.1, -0.05) is 79.9 Å². The normalized spacial score (nSPS) is 16.9. The summed E-state index contributed by atoms with van der Waals surface area (Å²) in [5, 5.41) is 0. The molecule has 0 amide bonds. The smallest absolute Gasteiger partial charge is 0.0273 e. The summed E-state index contributed by atoms with van der Waals surface area (Å²) in [5.74, 6) is 0. The molecule has 0 aliphatic heterocycles. The summed E-state index contributed by atoms with van der Waals surface area (Å²) in [6.45, 7) is 4.03. The van der Waals surface area contributed by atoms with Crippen molar-refractivity contribution in [3.63, 3.8) is 0 Å². The van der Waals surface area contributed by atoms with E-state index in [2.05, 4.69) is 34.2 Å². The van der Waals surface area contributed by atoms with Gasteiger partial charge < -0.3 is 0 Å². The first-order valence-electron chi connectivity index (χ1n) is 19.3. The van der Waals surface area contributed by atoms with Crippen LogP contribution in [0.5, 0.6) is 0 Å². The van der Waals surface area contributed by atoms with Crippen LogP contribution in [0.3, 0.4) is 0 Å². The third-order valence-electron chi connectivity index (χ3n) is 10.3. The zero-order valence-corrected chi connectivity index (χ0v) is 35.1. The summed E-state index contributed by atoms with van der Waals surface area (Å²) >= 11 is -1.52. The quantitative estimate of drug-likeness (QED) is 0.143. The number of allylic oxidation sites excluding steroid dienone is 2. The first-order chi connectivity index (χ1) is 25.0. The van der Waals surface area contributed by atoms with Gasteiger partial charge in [0.05, 0.1) is 17.0 Å². The maximum Gasteiger partial charge on any atom is 0.0273 e. The Morgan fingerprint density at radius 1 is 0.510 bits per heavy atom. The fourth-order valence-electron chi connectivity index (χ4n) is 7.82. The molecule has 6 heteroatoms. The van der Waals surface area contributed by atoms with Gasteiger partial charge in [0.25, 0.3) is 0 Å². The van der Waals surface area contributed by atoms with E-state index in [1.54, 1.807) is 96.3 Å². The van der Waals surface area contributed by atoms with E-state index >= 15 is 0 Å². The maximum atomic E-state index is 5.53. The van der Waals surface area contributed by atoms with Crippen LogP contribution >= 0.6 is 27.3 Å². The van der Waals surface area contributed by atoms with Crippen LogP contribution in [-0.4, -0.2) is 31.6 Å². The van der Waals surface area contributed by atoms with Gasteiger partial charge in [0.1, 0.15) is 0 Å². The number of nitrogens with zero attached hydrogens (tertiary/aromatic N) is 2. The van der Waals surface area contributed by atoms with E-state index < -0.39 is 13.5 Å². The van der Waals surface area contributed by atoms with Crippen molar-refractivity contribution in [2.45, 2.75) is 127 Å². The number of aromatic nitrogens is 2. The van der Waals surface area contributed by atoms with Crippen LogP contribution in [0.15, 0.2) is 121 Å². The topological polar surface area (TPSA) is 25.8 Å². The van der Waals surface area contributed by atoms with Crippen LogP contribution in [0, 0.1) is 0 Å². The number of pyridine rings is 2. The van der Waals surface area contributed by atoms with Crippen LogP contribution in [0.25, 0.3) is 22.3 Å². The maximum absolute atomic E-state index is 5.53. The van der Waals surface area contributed by atoms with Crippen molar-refractivity contribution in [2.75, 3.05) is 0 Å². The molecule has 2 nitrogen and oxygen atoms in total. The van der Waals surface area contributed by atoms with Gasteiger partial charge in [0, 0.05) is 32.7 Å². The first-order valence-corrected chi connectivity index (χ1v) is 26.5. The Morgan fingerprint density at radius 2 is 0.824 bits per heavy atom. The second kappa shape index (κ2) is 25.1. The van der Waals surface area contributed by atoms with Crippen LogP contribution < -0.4 is 0 Å². The molecular formula is C45H60Cl2N2PRu+. The standard InChI is InChI=1S/C18H33P.2C11H9N.C5H8.2ClH.Ru/c1-4-10-16(11-5-1)19(17-12-6-2-7-13-17)18-14-8-3-9-15-18;2*1-2-4-10(5-3-1)11-6-8-12-9-7-11;1-4-5(2)3;;;/h16-18H,1-15H2;2*1-9H;1,4H,2-3H3;2*1H;/q;;;;;;+2/p-1. The summed E-state index contributed by atoms with van der Waals surface area (Å²) in [6.07, 6.45) is 33.0. The van der Waals surface area contributed by atoms with E-state index in [-0.39, 0.29) is 7.92 Å². The summed E-state index contributed by atoms with van der Waals surface area (Å²) in [5.41, 5.74) is 9.82. The molecule has 3 aliphatic carbocycles. The second-order valence-electron chi connectivity index (χ2n) is 14.3. The van der Waals surface area contributed by atoms with Crippen LogP contribution in [0.4, 0.5) is 0 Å². The summed E-state index contributed by atoms with van der Waals surface area (Å²) in [7, 11) is 11.0. The summed E-state index contributed by atoms with van der Waals surface area (Å²) < 4.78 is 1.88. The molecule has 7 rings (SSSR count). The zero-order valence-electron chi connectivity index (χ0n) is 30.9. The minimum Gasteiger partial charge on any atom is -0.265 e. The molecule has 0 radical (unpaired) electrons. The Hall–Kier alpha value is -2.02. The predicted octanol–water partition coefficient (Wildman–Crippen LogP) is 14.4. The Kier molecular flexibility index (Phi) is 20.5. The third-order valence-corrected chi connectivity index (χ3v) is 16.6. The predicted molar refractivity (Wildman–Crippen MR) is 225 cm³/mol. The van der Waals surface area contributed by atoms with Crippen molar-refractivity contribution < 1.29 is 13.5 Å².